The lowest BCUT2D eigenvalue weighted by atomic mass is 9.93. The van der Waals surface area contributed by atoms with E-state index in [1.54, 1.807) is 0 Å². The molecular formula is C15H16N2O2. The molecule has 0 saturated carbocycles. The maximum absolute atomic E-state index is 12.0. The van der Waals surface area contributed by atoms with Crippen molar-refractivity contribution in [3.63, 3.8) is 0 Å². The second-order valence-corrected chi connectivity index (χ2v) is 4.24. The summed E-state index contributed by atoms with van der Waals surface area (Å²) in [7, 11) is 1.39. The van der Waals surface area contributed by atoms with Gasteiger partial charge < -0.3 is 4.74 Å². The van der Waals surface area contributed by atoms with E-state index in [2.05, 4.69) is 9.98 Å². The summed E-state index contributed by atoms with van der Waals surface area (Å²) < 4.78 is 4.88. The highest BCUT2D eigenvalue weighted by molar-refractivity contribution is 6.14. The van der Waals surface area contributed by atoms with Gasteiger partial charge in [0.2, 0.25) is 0 Å². The van der Waals surface area contributed by atoms with E-state index < -0.39 is 5.92 Å². The maximum Gasteiger partial charge on any atom is 0.318 e. The largest absolute Gasteiger partial charge is 0.468 e. The van der Waals surface area contributed by atoms with Crippen molar-refractivity contribution in [3.05, 3.63) is 42.0 Å². The van der Waals surface area contributed by atoms with E-state index in [9.17, 15) is 4.79 Å². The number of carbonyl (C=O) groups is 1. The van der Waals surface area contributed by atoms with Crippen molar-refractivity contribution >= 4 is 23.2 Å². The van der Waals surface area contributed by atoms with E-state index in [-0.39, 0.29) is 5.97 Å². The molecule has 2 rings (SSSR count). The zero-order chi connectivity index (χ0) is 13.8. The molecule has 0 amide bonds. The summed E-state index contributed by atoms with van der Waals surface area (Å²) in [5.41, 5.74) is 2.27. The van der Waals surface area contributed by atoms with E-state index in [4.69, 9.17) is 4.74 Å². The molecule has 1 aromatic carbocycles. The fourth-order valence-electron chi connectivity index (χ4n) is 2.09. The summed E-state index contributed by atoms with van der Waals surface area (Å²) in [4.78, 5) is 20.9. The molecule has 0 radical (unpaired) electrons. The van der Waals surface area contributed by atoms with Crippen LogP contribution in [0.5, 0.6) is 0 Å². The number of rotatable bonds is 2. The number of benzene rings is 1. The van der Waals surface area contributed by atoms with Gasteiger partial charge in [-0.25, -0.2) is 9.98 Å². The molecule has 0 saturated heterocycles. The summed E-state index contributed by atoms with van der Waals surface area (Å²) >= 11 is 0. The van der Waals surface area contributed by atoms with Gasteiger partial charge in [-0.1, -0.05) is 24.3 Å². The van der Waals surface area contributed by atoms with E-state index in [1.165, 1.54) is 7.11 Å². The molecule has 98 valence electrons. The number of ether oxygens (including phenoxy) is 1. The van der Waals surface area contributed by atoms with Crippen LogP contribution < -0.4 is 0 Å². The Hall–Kier alpha value is -2.23. The van der Waals surface area contributed by atoms with E-state index in [0.717, 1.165) is 11.3 Å². The third-order valence-electron chi connectivity index (χ3n) is 2.94. The Balaban J connectivity index is 2.62. The number of hydrogen-bond donors (Lipinski definition) is 0. The van der Waals surface area contributed by atoms with Crippen molar-refractivity contribution in [2.45, 2.75) is 19.8 Å². The van der Waals surface area contributed by atoms with Gasteiger partial charge in [0.15, 0.2) is 5.84 Å². The van der Waals surface area contributed by atoms with Gasteiger partial charge in [-0.05, 0) is 31.6 Å². The normalized spacial score (nSPS) is 18.4. The molecule has 19 heavy (non-hydrogen) atoms. The van der Waals surface area contributed by atoms with Gasteiger partial charge in [-0.2, -0.15) is 0 Å². The Morgan fingerprint density at radius 2 is 2.05 bits per heavy atom. The average Bonchev–Trinajstić information content (AvgIpc) is 2.54. The van der Waals surface area contributed by atoms with Crippen molar-refractivity contribution < 1.29 is 9.53 Å². The molecular weight excluding hydrogens is 240 g/mol. The predicted molar refractivity (Wildman–Crippen MR) is 76.2 cm³/mol. The second kappa shape index (κ2) is 5.61. The van der Waals surface area contributed by atoms with Crippen molar-refractivity contribution in [3.8, 4) is 0 Å². The van der Waals surface area contributed by atoms with Crippen LogP contribution in [0.3, 0.4) is 0 Å². The summed E-state index contributed by atoms with van der Waals surface area (Å²) in [5.74, 6) is -0.211. The zero-order valence-corrected chi connectivity index (χ0v) is 11.3. The number of allylic oxidation sites excluding steroid dienone is 1. The predicted octanol–water partition coefficient (Wildman–Crippen LogP) is 3.02. The summed E-state index contributed by atoms with van der Waals surface area (Å²) in [6.07, 6.45) is 3.69. The molecule has 1 heterocycles. The van der Waals surface area contributed by atoms with Crippen molar-refractivity contribution in [2.24, 2.45) is 9.98 Å². The Kier molecular flexibility index (Phi) is 3.90. The highest BCUT2D eigenvalue weighted by atomic mass is 16.5. The highest BCUT2D eigenvalue weighted by Gasteiger charge is 2.28. The summed E-state index contributed by atoms with van der Waals surface area (Å²) in [6, 6.07) is 7.55. The molecule has 1 aliphatic heterocycles. The van der Waals surface area contributed by atoms with Crippen LogP contribution in [-0.4, -0.2) is 24.6 Å². The third-order valence-corrected chi connectivity index (χ3v) is 2.94. The lowest BCUT2D eigenvalue weighted by Gasteiger charge is -2.14. The first kappa shape index (κ1) is 13.2. The highest BCUT2D eigenvalue weighted by Crippen LogP contribution is 2.31. The number of para-hydroxylation sites is 1. The minimum atomic E-state index is -0.493. The minimum Gasteiger partial charge on any atom is -0.468 e. The molecule has 4 heteroatoms. The average molecular weight is 256 g/mol. The van der Waals surface area contributed by atoms with Gasteiger partial charge in [-0.3, -0.25) is 4.79 Å². The molecule has 0 aliphatic carbocycles. The van der Waals surface area contributed by atoms with Gasteiger partial charge in [0.05, 0.1) is 12.8 Å². The monoisotopic (exact) mass is 256 g/mol. The first-order valence-corrected chi connectivity index (χ1v) is 6.10. The van der Waals surface area contributed by atoms with Crippen LogP contribution in [0.15, 0.2) is 46.4 Å². The standard InChI is InChI=1S/C15H16N2O2/c1-4-7-13-16-10(2)14(15(18)19-3)11-8-5-6-9-12(11)17-13/h4-9,14H,1-3H3/b7-4+. The SMILES string of the molecule is C/C=C/C1=Nc2ccccc2C(C(=O)OC)C(C)=N1. The van der Waals surface area contributed by atoms with E-state index >= 15 is 0 Å². The molecule has 1 atom stereocenters. The molecule has 0 spiro atoms. The minimum absolute atomic E-state index is 0.314. The number of hydrogen-bond acceptors (Lipinski definition) is 4. The van der Waals surface area contributed by atoms with Crippen molar-refractivity contribution in [1.29, 1.82) is 0 Å². The third kappa shape index (κ3) is 2.62. The number of esters is 1. The smallest absolute Gasteiger partial charge is 0.318 e. The number of methoxy groups -OCH3 is 1. The lowest BCUT2D eigenvalue weighted by molar-refractivity contribution is -0.140. The second-order valence-electron chi connectivity index (χ2n) is 4.24. The summed E-state index contributed by atoms with van der Waals surface area (Å²) in [6.45, 7) is 3.73. The number of fused-ring (bicyclic) bond motifs is 1. The Morgan fingerprint density at radius 3 is 2.74 bits per heavy atom. The van der Waals surface area contributed by atoms with Crippen LogP contribution in [-0.2, 0) is 9.53 Å². The number of aliphatic imine (C=N–C) groups is 2. The van der Waals surface area contributed by atoms with Crippen LogP contribution in [0.25, 0.3) is 0 Å². The van der Waals surface area contributed by atoms with Crippen LogP contribution in [0, 0.1) is 0 Å². The topological polar surface area (TPSA) is 51.0 Å². The van der Waals surface area contributed by atoms with Crippen LogP contribution in [0.4, 0.5) is 5.69 Å². The van der Waals surface area contributed by atoms with Crippen LogP contribution in [0.2, 0.25) is 0 Å². The number of nitrogens with zero attached hydrogens (tertiary/aromatic N) is 2. The van der Waals surface area contributed by atoms with Gasteiger partial charge in [0.1, 0.15) is 5.92 Å². The fourth-order valence-corrected chi connectivity index (χ4v) is 2.09. The van der Waals surface area contributed by atoms with Gasteiger partial charge in [-0.15, -0.1) is 0 Å². The Morgan fingerprint density at radius 1 is 1.32 bits per heavy atom. The van der Waals surface area contributed by atoms with Crippen molar-refractivity contribution in [2.75, 3.05) is 7.11 Å². The molecule has 0 fully saturated rings. The van der Waals surface area contributed by atoms with Gasteiger partial charge in [0, 0.05) is 5.71 Å². The molecule has 1 aliphatic rings. The molecule has 0 bridgehead atoms. The first-order valence-electron chi connectivity index (χ1n) is 6.10. The van der Waals surface area contributed by atoms with Gasteiger partial charge >= 0.3 is 5.97 Å². The molecule has 0 N–H and O–H groups in total. The van der Waals surface area contributed by atoms with Crippen LogP contribution in [0.1, 0.15) is 25.3 Å². The Labute approximate surface area is 112 Å². The van der Waals surface area contributed by atoms with Crippen LogP contribution >= 0.6 is 0 Å². The van der Waals surface area contributed by atoms with Gasteiger partial charge in [0.25, 0.3) is 0 Å². The molecule has 4 nitrogen and oxygen atoms in total. The Bertz CT molecular complexity index is 586. The van der Waals surface area contributed by atoms with E-state index in [0.29, 0.717) is 11.5 Å². The first-order chi connectivity index (χ1) is 9.17. The molecule has 1 aromatic rings. The maximum atomic E-state index is 12.0. The fraction of sp³-hybridized carbons (Fsp3) is 0.267. The summed E-state index contributed by atoms with van der Waals surface area (Å²) in [5, 5.41) is 0. The number of carbonyl (C=O) groups excluding carboxylic acids is 1. The molecule has 1 unspecified atom stereocenters. The number of amidine groups is 1. The zero-order valence-electron chi connectivity index (χ0n) is 11.3. The van der Waals surface area contributed by atoms with Crippen molar-refractivity contribution in [1.82, 2.24) is 0 Å². The molecule has 0 aromatic heterocycles. The lowest BCUT2D eigenvalue weighted by Crippen LogP contribution is -2.21. The quantitative estimate of drug-likeness (QED) is 0.764. The van der Waals surface area contributed by atoms with E-state index in [1.807, 2.05) is 50.3 Å².